The topological polar surface area (TPSA) is 65.2 Å². The number of methoxy groups -OCH3 is 1. The minimum absolute atomic E-state index is 0.232. The number of rotatable bonds is 2. The summed E-state index contributed by atoms with van der Waals surface area (Å²) in [7, 11) is 1.54. The lowest BCUT2D eigenvalue weighted by Gasteiger charge is -2.05. The van der Waals surface area contributed by atoms with Crippen molar-refractivity contribution >= 4 is 10.9 Å². The van der Waals surface area contributed by atoms with Gasteiger partial charge < -0.3 is 9.15 Å². The lowest BCUT2D eigenvalue weighted by atomic mass is 10.2. The number of benzene rings is 1. The third-order valence-electron chi connectivity index (χ3n) is 2.75. The Bertz CT molecular complexity index is 782. The van der Waals surface area contributed by atoms with Gasteiger partial charge in [-0.05, 0) is 24.3 Å². The highest BCUT2D eigenvalue weighted by Crippen LogP contribution is 2.24. The summed E-state index contributed by atoms with van der Waals surface area (Å²) in [5.74, 6) is 0.769. The van der Waals surface area contributed by atoms with E-state index in [0.29, 0.717) is 22.2 Å². The Balaban J connectivity index is 2.33. The van der Waals surface area contributed by atoms with E-state index in [1.165, 1.54) is 7.11 Å². The second-order valence-corrected chi connectivity index (χ2v) is 3.90. The van der Waals surface area contributed by atoms with E-state index in [9.17, 15) is 4.79 Å². The largest absolute Gasteiger partial charge is 0.494 e. The van der Waals surface area contributed by atoms with Gasteiger partial charge in [0.25, 0.3) is 0 Å². The van der Waals surface area contributed by atoms with Crippen molar-refractivity contribution in [2.45, 2.75) is 0 Å². The molecular formula is C14H10N2O3. The highest BCUT2D eigenvalue weighted by atomic mass is 16.5. The minimum atomic E-state index is -0.442. The normalized spacial score (nSPS) is 10.6. The first-order chi connectivity index (χ1) is 9.29. The zero-order valence-electron chi connectivity index (χ0n) is 10.2. The van der Waals surface area contributed by atoms with E-state index >= 15 is 0 Å². The van der Waals surface area contributed by atoms with Crippen molar-refractivity contribution in [1.29, 1.82) is 0 Å². The lowest BCUT2D eigenvalue weighted by molar-refractivity contribution is 0.417. The van der Waals surface area contributed by atoms with Crippen molar-refractivity contribution in [2.75, 3.05) is 7.11 Å². The first kappa shape index (κ1) is 11.4. The van der Waals surface area contributed by atoms with Gasteiger partial charge >= 0.3 is 5.63 Å². The number of hydrogen-bond donors (Lipinski definition) is 0. The number of para-hydroxylation sites is 1. The first-order valence-corrected chi connectivity index (χ1v) is 5.68. The molecule has 0 atom stereocenters. The maximum atomic E-state index is 12.0. The van der Waals surface area contributed by atoms with Crippen LogP contribution in [0.15, 0.2) is 51.9 Å². The fourth-order valence-electron chi connectivity index (χ4n) is 1.85. The molecule has 0 radical (unpaired) electrons. The highest BCUT2D eigenvalue weighted by Gasteiger charge is 2.11. The second kappa shape index (κ2) is 4.53. The summed E-state index contributed by atoms with van der Waals surface area (Å²) < 4.78 is 10.4. The van der Waals surface area contributed by atoms with Crippen molar-refractivity contribution in [3.63, 3.8) is 0 Å². The van der Waals surface area contributed by atoms with Crippen molar-refractivity contribution in [1.82, 2.24) is 9.97 Å². The van der Waals surface area contributed by atoms with Gasteiger partial charge in [0.05, 0.1) is 18.1 Å². The number of nitrogens with zero attached hydrogens (tertiary/aromatic N) is 2. The Morgan fingerprint density at radius 2 is 2.11 bits per heavy atom. The maximum absolute atomic E-state index is 12.0. The predicted octanol–water partition coefficient (Wildman–Crippen LogP) is 2.26. The van der Waals surface area contributed by atoms with E-state index in [1.807, 2.05) is 0 Å². The molecule has 0 fully saturated rings. The molecule has 5 nitrogen and oxygen atoms in total. The molecule has 0 saturated heterocycles. The summed E-state index contributed by atoms with van der Waals surface area (Å²) in [6.45, 7) is 0. The summed E-state index contributed by atoms with van der Waals surface area (Å²) >= 11 is 0. The molecule has 0 spiro atoms. The highest BCUT2D eigenvalue weighted by molar-refractivity contribution is 5.84. The average molecular weight is 254 g/mol. The van der Waals surface area contributed by atoms with Gasteiger partial charge in [0, 0.05) is 12.4 Å². The molecular weight excluding hydrogens is 244 g/mol. The zero-order valence-corrected chi connectivity index (χ0v) is 10.2. The minimum Gasteiger partial charge on any atom is -0.494 e. The number of hydrogen-bond acceptors (Lipinski definition) is 5. The molecule has 0 amide bonds. The maximum Gasteiger partial charge on any atom is 0.347 e. The molecule has 2 heterocycles. The lowest BCUT2D eigenvalue weighted by Crippen LogP contribution is -2.04. The van der Waals surface area contributed by atoms with E-state index in [1.54, 1.807) is 42.7 Å². The molecule has 0 aliphatic heterocycles. The van der Waals surface area contributed by atoms with Crippen LogP contribution in [0.2, 0.25) is 0 Å². The molecule has 3 aromatic rings. The number of ether oxygens (including phenoxy) is 1. The number of aromatic nitrogens is 2. The fraction of sp³-hybridized carbons (Fsp3) is 0.0714. The zero-order chi connectivity index (χ0) is 13.2. The standard InChI is InChI=1S/C14H10N2O3/c1-18-11-6-2-5-10-12(11)16-13(19-14(10)17)9-4-3-7-15-8-9/h2-8H,1H3. The van der Waals surface area contributed by atoms with Crippen LogP contribution in [0.5, 0.6) is 5.75 Å². The van der Waals surface area contributed by atoms with Crippen LogP contribution in [0.4, 0.5) is 0 Å². The molecule has 0 saturated carbocycles. The van der Waals surface area contributed by atoms with Gasteiger partial charge in [-0.2, -0.15) is 0 Å². The number of pyridine rings is 1. The molecule has 0 unspecified atom stereocenters. The molecule has 3 rings (SSSR count). The molecule has 0 N–H and O–H groups in total. The van der Waals surface area contributed by atoms with Crippen LogP contribution in [0.3, 0.4) is 0 Å². The molecule has 19 heavy (non-hydrogen) atoms. The quantitative estimate of drug-likeness (QED) is 0.701. The molecule has 5 heteroatoms. The summed E-state index contributed by atoms with van der Waals surface area (Å²) in [4.78, 5) is 20.3. The van der Waals surface area contributed by atoms with Gasteiger partial charge in [0.1, 0.15) is 11.3 Å². The van der Waals surface area contributed by atoms with Gasteiger partial charge in [-0.25, -0.2) is 9.78 Å². The van der Waals surface area contributed by atoms with Crippen molar-refractivity contribution in [3.05, 3.63) is 53.1 Å². The van der Waals surface area contributed by atoms with Crippen LogP contribution in [0, 0.1) is 0 Å². The smallest absolute Gasteiger partial charge is 0.347 e. The molecule has 0 bridgehead atoms. The monoisotopic (exact) mass is 254 g/mol. The summed E-state index contributed by atoms with van der Waals surface area (Å²) in [6, 6.07) is 8.66. The molecule has 94 valence electrons. The van der Waals surface area contributed by atoms with Gasteiger partial charge in [0.15, 0.2) is 0 Å². The Hall–Kier alpha value is -2.69. The van der Waals surface area contributed by atoms with Gasteiger partial charge in [-0.1, -0.05) is 6.07 Å². The van der Waals surface area contributed by atoms with Crippen LogP contribution in [-0.4, -0.2) is 17.1 Å². The third kappa shape index (κ3) is 1.95. The fourth-order valence-corrected chi connectivity index (χ4v) is 1.85. The SMILES string of the molecule is COc1cccc2c(=O)oc(-c3cccnc3)nc12. The van der Waals surface area contributed by atoms with E-state index in [4.69, 9.17) is 9.15 Å². The third-order valence-corrected chi connectivity index (χ3v) is 2.75. The molecule has 0 aliphatic rings. The molecule has 2 aromatic heterocycles. The van der Waals surface area contributed by atoms with Crippen molar-refractivity contribution in [3.8, 4) is 17.2 Å². The van der Waals surface area contributed by atoms with E-state index in [2.05, 4.69) is 9.97 Å². The summed E-state index contributed by atoms with van der Waals surface area (Å²) in [5, 5.41) is 0.395. The molecule has 1 aromatic carbocycles. The van der Waals surface area contributed by atoms with Crippen LogP contribution < -0.4 is 10.4 Å². The Labute approximate surface area is 108 Å². The van der Waals surface area contributed by atoms with Crippen LogP contribution in [0.25, 0.3) is 22.4 Å². The Kier molecular flexibility index (Phi) is 2.72. The summed E-state index contributed by atoms with van der Waals surface area (Å²) in [5.41, 5.74) is 0.690. The predicted molar refractivity (Wildman–Crippen MR) is 70.1 cm³/mol. The first-order valence-electron chi connectivity index (χ1n) is 5.68. The Morgan fingerprint density at radius 3 is 2.84 bits per heavy atom. The average Bonchev–Trinajstić information content (AvgIpc) is 2.47. The summed E-state index contributed by atoms with van der Waals surface area (Å²) in [6.07, 6.45) is 3.23. The van der Waals surface area contributed by atoms with Crippen LogP contribution in [-0.2, 0) is 0 Å². The van der Waals surface area contributed by atoms with Gasteiger partial charge in [0.2, 0.25) is 5.89 Å². The van der Waals surface area contributed by atoms with Crippen molar-refractivity contribution in [2.24, 2.45) is 0 Å². The van der Waals surface area contributed by atoms with Crippen LogP contribution >= 0.6 is 0 Å². The van der Waals surface area contributed by atoms with Crippen LogP contribution in [0.1, 0.15) is 0 Å². The number of fused-ring (bicyclic) bond motifs is 1. The Morgan fingerprint density at radius 1 is 1.21 bits per heavy atom. The van der Waals surface area contributed by atoms with Gasteiger partial charge in [-0.15, -0.1) is 0 Å². The van der Waals surface area contributed by atoms with E-state index in [0.717, 1.165) is 0 Å². The van der Waals surface area contributed by atoms with Gasteiger partial charge in [-0.3, -0.25) is 4.98 Å². The van der Waals surface area contributed by atoms with E-state index in [-0.39, 0.29) is 5.89 Å². The van der Waals surface area contributed by atoms with E-state index < -0.39 is 5.63 Å². The second-order valence-electron chi connectivity index (χ2n) is 3.90. The van der Waals surface area contributed by atoms with Crippen molar-refractivity contribution < 1.29 is 9.15 Å². The molecule has 0 aliphatic carbocycles.